The summed E-state index contributed by atoms with van der Waals surface area (Å²) in [6.45, 7) is 3.35. The highest BCUT2D eigenvalue weighted by Gasteiger charge is 2.07. The Balaban J connectivity index is 1.48. The van der Waals surface area contributed by atoms with Gasteiger partial charge in [-0.15, -0.1) is 21.5 Å². The summed E-state index contributed by atoms with van der Waals surface area (Å²) in [7, 11) is 0. The lowest BCUT2D eigenvalue weighted by atomic mass is 10.3. The van der Waals surface area contributed by atoms with Crippen LogP contribution >= 0.6 is 46.0 Å². The third-order valence-electron chi connectivity index (χ3n) is 2.85. The van der Waals surface area contributed by atoms with Gasteiger partial charge in [0, 0.05) is 22.7 Å². The predicted octanol–water partition coefficient (Wildman–Crippen LogP) is 4.95. The molecule has 0 saturated heterocycles. The second kappa shape index (κ2) is 8.66. The first-order chi connectivity index (χ1) is 11.7. The summed E-state index contributed by atoms with van der Waals surface area (Å²) in [4.78, 5) is 4.59. The van der Waals surface area contributed by atoms with E-state index in [2.05, 4.69) is 25.9 Å². The van der Waals surface area contributed by atoms with Crippen LogP contribution in [0.25, 0.3) is 0 Å². The van der Waals surface area contributed by atoms with Gasteiger partial charge in [0.25, 0.3) is 0 Å². The molecule has 0 fully saturated rings. The van der Waals surface area contributed by atoms with Gasteiger partial charge in [0.1, 0.15) is 17.4 Å². The third-order valence-corrected chi connectivity index (χ3v) is 6.02. The summed E-state index contributed by atoms with van der Waals surface area (Å²) in [5.41, 5.74) is 1.03. The highest BCUT2D eigenvalue weighted by atomic mass is 35.5. The number of aromatic nitrogens is 3. The Morgan fingerprint density at radius 2 is 2.08 bits per heavy atom. The van der Waals surface area contributed by atoms with E-state index in [1.165, 1.54) is 0 Å². The zero-order valence-electron chi connectivity index (χ0n) is 12.9. The monoisotopic (exact) mass is 398 g/mol. The SMILES string of the molecule is CCNc1nnc(SCc2csc(COc3ccc(Cl)cc3)n2)s1. The largest absolute Gasteiger partial charge is 0.486 e. The Morgan fingerprint density at radius 1 is 1.25 bits per heavy atom. The number of anilines is 1. The van der Waals surface area contributed by atoms with E-state index in [0.29, 0.717) is 11.6 Å². The van der Waals surface area contributed by atoms with Gasteiger partial charge in [0.15, 0.2) is 4.34 Å². The number of rotatable bonds is 8. The Morgan fingerprint density at radius 3 is 2.88 bits per heavy atom. The lowest BCUT2D eigenvalue weighted by Crippen LogP contribution is -1.95. The molecule has 2 aromatic heterocycles. The van der Waals surface area contributed by atoms with E-state index in [0.717, 1.165) is 38.2 Å². The van der Waals surface area contributed by atoms with E-state index >= 15 is 0 Å². The zero-order valence-corrected chi connectivity index (χ0v) is 16.1. The van der Waals surface area contributed by atoms with Gasteiger partial charge in [-0.25, -0.2) is 4.98 Å². The molecule has 0 unspecified atom stereocenters. The van der Waals surface area contributed by atoms with Crippen LogP contribution in [0.15, 0.2) is 34.0 Å². The fraction of sp³-hybridized carbons (Fsp3) is 0.267. The van der Waals surface area contributed by atoms with E-state index < -0.39 is 0 Å². The summed E-state index contributed by atoms with van der Waals surface area (Å²) in [6, 6.07) is 7.32. The molecule has 1 N–H and O–H groups in total. The van der Waals surface area contributed by atoms with Gasteiger partial charge in [-0.1, -0.05) is 34.7 Å². The smallest absolute Gasteiger partial charge is 0.206 e. The summed E-state index contributed by atoms with van der Waals surface area (Å²) >= 11 is 10.7. The van der Waals surface area contributed by atoms with Crippen molar-refractivity contribution in [3.8, 4) is 5.75 Å². The molecule has 5 nitrogen and oxygen atoms in total. The number of ether oxygens (including phenoxy) is 1. The zero-order chi connectivity index (χ0) is 16.8. The molecule has 3 rings (SSSR count). The topological polar surface area (TPSA) is 59.9 Å². The maximum absolute atomic E-state index is 5.86. The number of thiazole rings is 1. The maximum Gasteiger partial charge on any atom is 0.206 e. The molecule has 1 aromatic carbocycles. The third kappa shape index (κ3) is 5.07. The molecule has 0 saturated carbocycles. The highest BCUT2D eigenvalue weighted by Crippen LogP contribution is 2.28. The van der Waals surface area contributed by atoms with Gasteiger partial charge in [-0.05, 0) is 31.2 Å². The number of hydrogen-bond donors (Lipinski definition) is 1. The molecule has 3 aromatic rings. The van der Waals surface area contributed by atoms with Gasteiger partial charge in [-0.2, -0.15) is 0 Å². The first kappa shape index (κ1) is 17.5. The normalized spacial score (nSPS) is 10.8. The molecular weight excluding hydrogens is 384 g/mol. The van der Waals surface area contributed by atoms with Crippen LogP contribution in [0.1, 0.15) is 17.6 Å². The first-order valence-corrected chi connectivity index (χ1v) is 10.3. The van der Waals surface area contributed by atoms with Gasteiger partial charge in [0.05, 0.1) is 5.69 Å². The van der Waals surface area contributed by atoms with E-state index in [4.69, 9.17) is 16.3 Å². The summed E-state index contributed by atoms with van der Waals surface area (Å²) < 4.78 is 6.65. The van der Waals surface area contributed by atoms with Crippen molar-refractivity contribution < 1.29 is 4.74 Å². The molecule has 0 radical (unpaired) electrons. The van der Waals surface area contributed by atoms with Crippen LogP contribution in [0, 0.1) is 0 Å². The Hall–Kier alpha value is -1.35. The molecule has 0 bridgehead atoms. The van der Waals surface area contributed by atoms with Crippen molar-refractivity contribution >= 4 is 51.2 Å². The molecule has 126 valence electrons. The van der Waals surface area contributed by atoms with Crippen LogP contribution in [0.4, 0.5) is 5.13 Å². The summed E-state index contributed by atoms with van der Waals surface area (Å²) in [5.74, 6) is 1.56. The van der Waals surface area contributed by atoms with Crippen LogP contribution in [-0.4, -0.2) is 21.7 Å². The molecule has 0 spiro atoms. The summed E-state index contributed by atoms with van der Waals surface area (Å²) in [5, 5.41) is 16.0. The quantitative estimate of drug-likeness (QED) is 0.541. The van der Waals surface area contributed by atoms with E-state index in [1.807, 2.05) is 31.2 Å². The van der Waals surface area contributed by atoms with Crippen molar-refractivity contribution in [2.45, 2.75) is 23.6 Å². The molecule has 24 heavy (non-hydrogen) atoms. The standard InChI is InChI=1S/C15H15ClN4OS3/c1-2-17-14-19-20-15(24-14)23-9-11-8-22-13(18-11)7-21-12-5-3-10(16)4-6-12/h3-6,8H,2,7,9H2,1H3,(H,17,19). The molecule has 0 aliphatic rings. The Bertz CT molecular complexity index is 775. The van der Waals surface area contributed by atoms with Crippen LogP contribution in [0.5, 0.6) is 5.75 Å². The van der Waals surface area contributed by atoms with E-state index in [-0.39, 0.29) is 0 Å². The first-order valence-electron chi connectivity index (χ1n) is 7.24. The van der Waals surface area contributed by atoms with Gasteiger partial charge >= 0.3 is 0 Å². The van der Waals surface area contributed by atoms with Crippen LogP contribution in [0.2, 0.25) is 5.02 Å². The van der Waals surface area contributed by atoms with E-state index in [1.54, 1.807) is 34.4 Å². The van der Waals surface area contributed by atoms with Gasteiger partial charge in [0.2, 0.25) is 5.13 Å². The van der Waals surface area contributed by atoms with Crippen molar-refractivity contribution in [2.75, 3.05) is 11.9 Å². The molecule has 9 heteroatoms. The lowest BCUT2D eigenvalue weighted by molar-refractivity contribution is 0.305. The average Bonchev–Trinajstić information content (AvgIpc) is 3.22. The summed E-state index contributed by atoms with van der Waals surface area (Å²) in [6.07, 6.45) is 0. The van der Waals surface area contributed by atoms with Crippen molar-refractivity contribution in [3.05, 3.63) is 45.4 Å². The lowest BCUT2D eigenvalue weighted by Gasteiger charge is -2.03. The minimum Gasteiger partial charge on any atom is -0.486 e. The fourth-order valence-corrected chi connectivity index (χ4v) is 4.43. The molecular formula is C15H15ClN4OS3. The van der Waals surface area contributed by atoms with Crippen molar-refractivity contribution in [1.82, 2.24) is 15.2 Å². The number of nitrogens with one attached hydrogen (secondary N) is 1. The molecule has 0 aliphatic heterocycles. The predicted molar refractivity (Wildman–Crippen MR) is 102 cm³/mol. The highest BCUT2D eigenvalue weighted by molar-refractivity contribution is 8.00. The van der Waals surface area contributed by atoms with Crippen LogP contribution in [0.3, 0.4) is 0 Å². The second-order valence-electron chi connectivity index (χ2n) is 4.67. The Labute approximate surface area is 157 Å². The molecule has 0 aliphatic carbocycles. The van der Waals surface area contributed by atoms with Crippen molar-refractivity contribution in [1.29, 1.82) is 0 Å². The van der Waals surface area contributed by atoms with Crippen LogP contribution < -0.4 is 10.1 Å². The molecule has 0 atom stereocenters. The van der Waals surface area contributed by atoms with Crippen molar-refractivity contribution in [3.63, 3.8) is 0 Å². The number of nitrogens with zero attached hydrogens (tertiary/aromatic N) is 3. The number of hydrogen-bond acceptors (Lipinski definition) is 8. The van der Waals surface area contributed by atoms with Crippen LogP contribution in [-0.2, 0) is 12.4 Å². The number of benzene rings is 1. The Kier molecular flexibility index (Phi) is 6.30. The minimum absolute atomic E-state index is 0.459. The molecule has 0 amide bonds. The molecule has 2 heterocycles. The number of thioether (sulfide) groups is 1. The van der Waals surface area contributed by atoms with E-state index in [9.17, 15) is 0 Å². The minimum atomic E-state index is 0.459. The maximum atomic E-state index is 5.86. The van der Waals surface area contributed by atoms with Crippen molar-refractivity contribution in [2.24, 2.45) is 0 Å². The fourth-order valence-electron chi connectivity index (χ4n) is 1.78. The number of halogens is 1. The van der Waals surface area contributed by atoms with Gasteiger partial charge in [-0.3, -0.25) is 0 Å². The second-order valence-corrected chi connectivity index (χ2v) is 8.25. The van der Waals surface area contributed by atoms with Gasteiger partial charge < -0.3 is 10.1 Å². The average molecular weight is 399 g/mol.